The lowest BCUT2D eigenvalue weighted by molar-refractivity contribution is 1.36. The summed E-state index contributed by atoms with van der Waals surface area (Å²) in [5.41, 5.74) is 12.5. The zero-order valence-electron chi connectivity index (χ0n) is 27.5. The number of nitrogens with zero attached hydrogens (tertiary/aromatic N) is 3. The highest BCUT2D eigenvalue weighted by atomic mass is 32.1. The van der Waals surface area contributed by atoms with Gasteiger partial charge in [0.2, 0.25) is 0 Å². The highest BCUT2D eigenvalue weighted by Gasteiger charge is 2.22. The van der Waals surface area contributed by atoms with Gasteiger partial charge in [-0.1, -0.05) is 158 Å². The van der Waals surface area contributed by atoms with Gasteiger partial charge in [-0.3, -0.25) is 0 Å². The summed E-state index contributed by atoms with van der Waals surface area (Å²) in [7, 11) is 0. The first-order chi connectivity index (χ1) is 25.3. The van der Waals surface area contributed by atoms with Crippen molar-refractivity contribution in [3.05, 3.63) is 176 Å². The number of hydrogen-bond acceptors (Lipinski definition) is 4. The van der Waals surface area contributed by atoms with Crippen LogP contribution in [0.15, 0.2) is 176 Å². The number of rotatable bonds is 5. The van der Waals surface area contributed by atoms with Crippen LogP contribution in [0, 0.1) is 0 Å². The van der Waals surface area contributed by atoms with Crippen molar-refractivity contribution < 1.29 is 0 Å². The minimum atomic E-state index is 0.906. The SMILES string of the molecule is c1ccc(-c2ccc3ccc4ccc(-c5ccc(-c6nc7ccccc7c7sc(-c8ccccc8)c(-c8ccccc8)c67)cc5)nc4c3n2)cc1. The van der Waals surface area contributed by atoms with Crippen LogP contribution < -0.4 is 0 Å². The van der Waals surface area contributed by atoms with E-state index in [0.29, 0.717) is 0 Å². The Balaban J connectivity index is 1.14. The third-order valence-electron chi connectivity index (χ3n) is 9.67. The molecule has 0 spiro atoms. The Morgan fingerprint density at radius 3 is 1.49 bits per heavy atom. The van der Waals surface area contributed by atoms with Gasteiger partial charge in [-0.05, 0) is 29.3 Å². The number of pyridine rings is 3. The summed E-state index contributed by atoms with van der Waals surface area (Å²) in [5.74, 6) is 0. The van der Waals surface area contributed by atoms with E-state index in [4.69, 9.17) is 15.0 Å². The molecule has 0 saturated carbocycles. The molecule has 4 aromatic heterocycles. The lowest BCUT2D eigenvalue weighted by Gasteiger charge is -2.12. The van der Waals surface area contributed by atoms with Gasteiger partial charge >= 0.3 is 0 Å². The summed E-state index contributed by atoms with van der Waals surface area (Å²) >= 11 is 1.86. The van der Waals surface area contributed by atoms with Crippen LogP contribution in [0.25, 0.3) is 98.1 Å². The van der Waals surface area contributed by atoms with Crippen molar-refractivity contribution >= 4 is 54.1 Å². The van der Waals surface area contributed by atoms with Crippen LogP contribution in [0.5, 0.6) is 0 Å². The van der Waals surface area contributed by atoms with E-state index >= 15 is 0 Å². The van der Waals surface area contributed by atoms with Crippen molar-refractivity contribution in [1.82, 2.24) is 15.0 Å². The second-order valence-electron chi connectivity index (χ2n) is 12.8. The zero-order chi connectivity index (χ0) is 33.7. The van der Waals surface area contributed by atoms with Gasteiger partial charge in [-0.15, -0.1) is 11.3 Å². The van der Waals surface area contributed by atoms with Crippen LogP contribution in [-0.4, -0.2) is 15.0 Å². The van der Waals surface area contributed by atoms with Crippen molar-refractivity contribution in [3.8, 4) is 55.3 Å². The molecule has 10 rings (SSSR count). The van der Waals surface area contributed by atoms with E-state index in [2.05, 4.69) is 158 Å². The smallest absolute Gasteiger partial charge is 0.0972 e. The van der Waals surface area contributed by atoms with Crippen molar-refractivity contribution in [2.75, 3.05) is 0 Å². The molecule has 238 valence electrons. The van der Waals surface area contributed by atoms with E-state index in [0.717, 1.165) is 61.1 Å². The Kier molecular flexibility index (Phi) is 7.00. The number of fused-ring (bicyclic) bond motifs is 6. The number of aromatic nitrogens is 3. The monoisotopic (exact) mass is 667 g/mol. The van der Waals surface area contributed by atoms with E-state index in [9.17, 15) is 0 Å². The topological polar surface area (TPSA) is 38.7 Å². The Morgan fingerprint density at radius 1 is 0.373 bits per heavy atom. The van der Waals surface area contributed by atoms with Crippen LogP contribution >= 0.6 is 11.3 Å². The second-order valence-corrected chi connectivity index (χ2v) is 13.8. The lowest BCUT2D eigenvalue weighted by atomic mass is 9.94. The van der Waals surface area contributed by atoms with Crippen LogP contribution in [0.3, 0.4) is 0 Å². The molecule has 4 heterocycles. The molecule has 0 aliphatic carbocycles. The summed E-state index contributed by atoms with van der Waals surface area (Å²) < 4.78 is 1.25. The summed E-state index contributed by atoms with van der Waals surface area (Å²) in [4.78, 5) is 16.9. The van der Waals surface area contributed by atoms with Gasteiger partial charge in [0.1, 0.15) is 0 Å². The van der Waals surface area contributed by atoms with Gasteiger partial charge in [-0.25, -0.2) is 15.0 Å². The van der Waals surface area contributed by atoms with Crippen molar-refractivity contribution in [1.29, 1.82) is 0 Å². The van der Waals surface area contributed by atoms with Gasteiger partial charge < -0.3 is 0 Å². The molecule has 0 radical (unpaired) electrons. The fourth-order valence-corrected chi connectivity index (χ4v) is 8.53. The first-order valence-electron chi connectivity index (χ1n) is 17.1. The van der Waals surface area contributed by atoms with E-state index in [1.807, 2.05) is 29.5 Å². The minimum Gasteiger partial charge on any atom is -0.247 e. The van der Waals surface area contributed by atoms with Crippen LogP contribution in [-0.2, 0) is 0 Å². The maximum Gasteiger partial charge on any atom is 0.0972 e. The highest BCUT2D eigenvalue weighted by Crippen LogP contribution is 2.50. The van der Waals surface area contributed by atoms with Crippen molar-refractivity contribution in [3.63, 3.8) is 0 Å². The van der Waals surface area contributed by atoms with Gasteiger partial charge in [0.15, 0.2) is 0 Å². The predicted molar refractivity (Wildman–Crippen MR) is 215 cm³/mol. The molecule has 3 nitrogen and oxygen atoms in total. The first kappa shape index (κ1) is 29.4. The van der Waals surface area contributed by atoms with E-state index in [1.54, 1.807) is 0 Å². The number of thiophene rings is 1. The molecular formula is C47H29N3S. The standard InChI is InChI=1S/C47H29N3S/c1-4-12-30(13-5-1)38-28-26-34-24-25-35-27-29-39(49-45(35)44(34)48-38)31-20-22-33(23-21-31)43-42-41(32-14-6-2-7-15-32)46(36-16-8-3-9-17-36)51-47(42)37-18-10-11-19-40(37)50-43/h1-29H. The normalized spacial score (nSPS) is 11.5. The first-order valence-corrected chi connectivity index (χ1v) is 17.9. The summed E-state index contributed by atoms with van der Waals surface area (Å²) in [6.07, 6.45) is 0. The molecule has 0 aliphatic heterocycles. The van der Waals surface area contributed by atoms with Crippen LogP contribution in [0.1, 0.15) is 0 Å². The molecule has 0 saturated heterocycles. The molecule has 10 aromatic rings. The Bertz CT molecular complexity index is 2880. The Morgan fingerprint density at radius 2 is 0.863 bits per heavy atom. The quantitative estimate of drug-likeness (QED) is 0.171. The van der Waals surface area contributed by atoms with Crippen molar-refractivity contribution in [2.45, 2.75) is 0 Å². The predicted octanol–water partition coefficient (Wildman–Crippen LogP) is 12.9. The fourth-order valence-electron chi connectivity index (χ4n) is 7.17. The molecule has 0 amide bonds. The average molecular weight is 668 g/mol. The van der Waals surface area contributed by atoms with E-state index in [-0.39, 0.29) is 0 Å². The fraction of sp³-hybridized carbons (Fsp3) is 0. The molecule has 0 N–H and O–H groups in total. The largest absolute Gasteiger partial charge is 0.247 e. The second kappa shape index (κ2) is 12.1. The molecule has 0 unspecified atom stereocenters. The van der Waals surface area contributed by atoms with Crippen LogP contribution in [0.4, 0.5) is 0 Å². The maximum atomic E-state index is 5.36. The van der Waals surface area contributed by atoms with Gasteiger partial charge in [-0.2, -0.15) is 0 Å². The Hall–Kier alpha value is -6.49. The molecule has 6 aromatic carbocycles. The van der Waals surface area contributed by atoms with Crippen LogP contribution in [0.2, 0.25) is 0 Å². The molecule has 4 heteroatoms. The molecule has 0 bridgehead atoms. The average Bonchev–Trinajstić information content (AvgIpc) is 3.62. The van der Waals surface area contributed by atoms with Gasteiger partial charge in [0.25, 0.3) is 0 Å². The zero-order valence-corrected chi connectivity index (χ0v) is 28.3. The summed E-state index contributed by atoms with van der Waals surface area (Å²) in [5, 5.41) is 4.51. The molecule has 51 heavy (non-hydrogen) atoms. The third kappa shape index (κ3) is 5.08. The summed E-state index contributed by atoms with van der Waals surface area (Å²) in [6, 6.07) is 61.8. The molecular weight excluding hydrogens is 639 g/mol. The number of benzene rings is 6. The number of para-hydroxylation sites is 1. The third-order valence-corrected chi connectivity index (χ3v) is 10.9. The lowest BCUT2D eigenvalue weighted by Crippen LogP contribution is -1.92. The number of hydrogen-bond donors (Lipinski definition) is 0. The molecule has 0 aliphatic rings. The van der Waals surface area contributed by atoms with Crippen molar-refractivity contribution in [2.24, 2.45) is 0 Å². The van der Waals surface area contributed by atoms with E-state index < -0.39 is 0 Å². The van der Waals surface area contributed by atoms with E-state index in [1.165, 1.54) is 37.0 Å². The Labute approximate surface area is 299 Å². The minimum absolute atomic E-state index is 0.906. The molecule has 0 atom stereocenters. The highest BCUT2D eigenvalue weighted by molar-refractivity contribution is 7.24. The van der Waals surface area contributed by atoms with Gasteiger partial charge in [0.05, 0.1) is 33.6 Å². The summed E-state index contributed by atoms with van der Waals surface area (Å²) in [6.45, 7) is 0. The van der Waals surface area contributed by atoms with Gasteiger partial charge in [0, 0.05) is 53.4 Å². The maximum absolute atomic E-state index is 5.36. The molecule has 0 fully saturated rings.